The van der Waals surface area contributed by atoms with Crippen molar-refractivity contribution >= 4 is 0 Å². The van der Waals surface area contributed by atoms with Crippen LogP contribution in [0.25, 0.3) is 0 Å². The molecule has 0 aromatic carbocycles. The molecule has 11 heavy (non-hydrogen) atoms. The van der Waals surface area contributed by atoms with Gasteiger partial charge < -0.3 is 10.6 Å². The summed E-state index contributed by atoms with van der Waals surface area (Å²) in [5, 5.41) is 0. The van der Waals surface area contributed by atoms with Gasteiger partial charge in [0.25, 0.3) is 0 Å². The van der Waals surface area contributed by atoms with E-state index in [4.69, 9.17) is 5.73 Å². The Kier molecular flexibility index (Phi) is 1.48. The Balaban J connectivity index is 2.08. The molecule has 0 bridgehead atoms. The van der Waals surface area contributed by atoms with Gasteiger partial charge in [-0.25, -0.2) is 0 Å². The summed E-state index contributed by atoms with van der Waals surface area (Å²) in [5.41, 5.74) is 5.89. The Hall–Kier alpha value is -0.150. The van der Waals surface area contributed by atoms with Crippen LogP contribution in [0.15, 0.2) is 0 Å². The minimum atomic E-state index is -0.235. The first-order chi connectivity index (χ1) is 5.16. The number of nitrogens with zero attached hydrogens (tertiary/aromatic N) is 1. The molecule has 64 valence electrons. The van der Waals surface area contributed by atoms with E-state index in [9.17, 15) is 4.39 Å². The van der Waals surface area contributed by atoms with E-state index in [2.05, 4.69) is 11.9 Å². The van der Waals surface area contributed by atoms with E-state index >= 15 is 0 Å². The lowest BCUT2D eigenvalue weighted by molar-refractivity contribution is 0.0574. The van der Waals surface area contributed by atoms with Crippen molar-refractivity contribution in [2.45, 2.75) is 12.0 Å². The van der Waals surface area contributed by atoms with Crippen LogP contribution >= 0.6 is 0 Å². The molecular formula is C8H15FN2. The van der Waals surface area contributed by atoms with Gasteiger partial charge in [0.05, 0.1) is 6.67 Å². The Labute approximate surface area is 66.5 Å². The minimum absolute atomic E-state index is 0.137. The van der Waals surface area contributed by atoms with Crippen LogP contribution in [-0.2, 0) is 0 Å². The number of alkyl halides is 1. The van der Waals surface area contributed by atoms with Gasteiger partial charge in [-0.05, 0) is 19.4 Å². The van der Waals surface area contributed by atoms with E-state index in [1.165, 1.54) is 0 Å². The summed E-state index contributed by atoms with van der Waals surface area (Å²) in [4.78, 5) is 2.21. The Morgan fingerprint density at radius 1 is 1.73 bits per heavy atom. The van der Waals surface area contributed by atoms with Crippen molar-refractivity contribution in [3.63, 3.8) is 0 Å². The zero-order valence-corrected chi connectivity index (χ0v) is 6.89. The second-order valence-corrected chi connectivity index (χ2v) is 4.09. The summed E-state index contributed by atoms with van der Waals surface area (Å²) in [6, 6.07) is 0. The topological polar surface area (TPSA) is 29.3 Å². The Morgan fingerprint density at radius 2 is 2.45 bits per heavy atom. The average molecular weight is 158 g/mol. The standard InChI is InChI=1S/C8H15FN2/c1-11-4-7-2-6(3-9)8(7,10)5-11/h6-7H,2-5,10H2,1H3/t6-,7-,8+/m1/s1. The van der Waals surface area contributed by atoms with Gasteiger partial charge >= 0.3 is 0 Å². The van der Waals surface area contributed by atoms with Gasteiger partial charge in [-0.2, -0.15) is 0 Å². The van der Waals surface area contributed by atoms with E-state index in [1.807, 2.05) is 0 Å². The van der Waals surface area contributed by atoms with E-state index in [0.29, 0.717) is 5.92 Å². The monoisotopic (exact) mass is 158 g/mol. The van der Waals surface area contributed by atoms with Gasteiger partial charge in [0.1, 0.15) is 0 Å². The first kappa shape index (κ1) is 7.50. The molecule has 1 aliphatic carbocycles. The zero-order valence-electron chi connectivity index (χ0n) is 6.89. The van der Waals surface area contributed by atoms with Crippen LogP contribution in [0.2, 0.25) is 0 Å². The van der Waals surface area contributed by atoms with Crippen molar-refractivity contribution in [3.05, 3.63) is 0 Å². The molecule has 0 amide bonds. The van der Waals surface area contributed by atoms with E-state index in [1.54, 1.807) is 0 Å². The molecule has 0 aromatic rings. The molecule has 2 N–H and O–H groups in total. The maximum atomic E-state index is 12.4. The molecule has 0 unspecified atom stereocenters. The maximum absolute atomic E-state index is 12.4. The van der Waals surface area contributed by atoms with Crippen LogP contribution < -0.4 is 5.73 Å². The van der Waals surface area contributed by atoms with Crippen molar-refractivity contribution in [2.24, 2.45) is 17.6 Å². The SMILES string of the molecule is CN1C[C@H]2C[C@H](CF)[C@@]2(N)C1. The Morgan fingerprint density at radius 3 is 3.00 bits per heavy atom. The molecule has 1 aliphatic heterocycles. The molecule has 2 rings (SSSR count). The van der Waals surface area contributed by atoms with E-state index < -0.39 is 0 Å². The smallest absolute Gasteiger partial charge is 0.0940 e. The molecule has 3 heteroatoms. The van der Waals surface area contributed by atoms with Crippen LogP contribution in [0.4, 0.5) is 4.39 Å². The maximum Gasteiger partial charge on any atom is 0.0940 e. The summed E-state index contributed by atoms with van der Waals surface area (Å²) in [7, 11) is 2.06. The predicted molar refractivity (Wildman–Crippen MR) is 42.0 cm³/mol. The Bertz CT molecular complexity index is 167. The number of likely N-dealkylation sites (tertiary alicyclic amines) is 1. The summed E-state index contributed by atoms with van der Waals surface area (Å²) in [6.07, 6.45) is 0.997. The molecule has 1 saturated heterocycles. The number of fused-ring (bicyclic) bond motifs is 1. The third-order valence-electron chi connectivity index (χ3n) is 3.35. The van der Waals surface area contributed by atoms with Gasteiger partial charge in [0.15, 0.2) is 0 Å². The van der Waals surface area contributed by atoms with Crippen molar-refractivity contribution in [3.8, 4) is 0 Å². The highest BCUT2D eigenvalue weighted by atomic mass is 19.1. The fraction of sp³-hybridized carbons (Fsp3) is 1.00. The molecule has 0 radical (unpaired) electrons. The fourth-order valence-electron chi connectivity index (χ4n) is 2.57. The average Bonchev–Trinajstić information content (AvgIpc) is 2.14. The number of rotatable bonds is 1. The molecule has 1 heterocycles. The van der Waals surface area contributed by atoms with E-state index in [0.717, 1.165) is 19.5 Å². The van der Waals surface area contributed by atoms with Crippen LogP contribution in [0.5, 0.6) is 0 Å². The number of halogens is 1. The third kappa shape index (κ3) is 0.842. The molecule has 0 spiro atoms. The summed E-state index contributed by atoms with van der Waals surface area (Å²) < 4.78 is 12.4. The highest BCUT2D eigenvalue weighted by molar-refractivity contribution is 5.12. The normalized spacial score (nSPS) is 50.5. The lowest BCUT2D eigenvalue weighted by atomic mass is 9.61. The van der Waals surface area contributed by atoms with Gasteiger partial charge in [-0.1, -0.05) is 0 Å². The number of hydrogen-bond donors (Lipinski definition) is 1. The molecule has 1 saturated carbocycles. The fourth-order valence-corrected chi connectivity index (χ4v) is 2.57. The van der Waals surface area contributed by atoms with Gasteiger partial charge in [0.2, 0.25) is 0 Å². The van der Waals surface area contributed by atoms with Crippen molar-refractivity contribution in [1.29, 1.82) is 0 Å². The third-order valence-corrected chi connectivity index (χ3v) is 3.35. The van der Waals surface area contributed by atoms with E-state index in [-0.39, 0.29) is 18.1 Å². The van der Waals surface area contributed by atoms with Crippen molar-refractivity contribution in [1.82, 2.24) is 4.90 Å². The number of nitrogens with two attached hydrogens (primary N) is 1. The minimum Gasteiger partial charge on any atom is -0.323 e. The second kappa shape index (κ2) is 2.17. The summed E-state index contributed by atoms with van der Waals surface area (Å²) >= 11 is 0. The summed E-state index contributed by atoms with van der Waals surface area (Å²) in [5.74, 6) is 0.700. The van der Waals surface area contributed by atoms with Gasteiger partial charge in [-0.3, -0.25) is 4.39 Å². The number of hydrogen-bond acceptors (Lipinski definition) is 2. The molecule has 2 aliphatic rings. The molecule has 0 aromatic heterocycles. The molecule has 2 fully saturated rings. The first-order valence-electron chi connectivity index (χ1n) is 4.20. The molecule has 2 nitrogen and oxygen atoms in total. The predicted octanol–water partition coefficient (Wildman–Crippen LogP) is 0.235. The van der Waals surface area contributed by atoms with Crippen LogP contribution in [0, 0.1) is 11.8 Å². The van der Waals surface area contributed by atoms with Crippen LogP contribution in [0.1, 0.15) is 6.42 Å². The molecular weight excluding hydrogens is 143 g/mol. The van der Waals surface area contributed by atoms with Crippen LogP contribution in [0.3, 0.4) is 0 Å². The van der Waals surface area contributed by atoms with Crippen LogP contribution in [-0.4, -0.2) is 37.3 Å². The zero-order chi connectivity index (χ0) is 8.06. The number of likely N-dealkylation sites (N-methyl/N-ethyl adjacent to an activating group) is 1. The highest BCUT2D eigenvalue weighted by Gasteiger charge is 2.56. The highest BCUT2D eigenvalue weighted by Crippen LogP contribution is 2.46. The lowest BCUT2D eigenvalue weighted by Gasteiger charge is -2.48. The largest absolute Gasteiger partial charge is 0.323 e. The lowest BCUT2D eigenvalue weighted by Crippen LogP contribution is -2.63. The molecule has 3 atom stereocenters. The van der Waals surface area contributed by atoms with Crippen molar-refractivity contribution < 1.29 is 4.39 Å². The van der Waals surface area contributed by atoms with Gasteiger partial charge in [0, 0.05) is 24.5 Å². The quantitative estimate of drug-likeness (QED) is 0.592. The van der Waals surface area contributed by atoms with Crippen molar-refractivity contribution in [2.75, 3.05) is 26.8 Å². The van der Waals surface area contributed by atoms with Gasteiger partial charge in [-0.15, -0.1) is 0 Å². The first-order valence-corrected chi connectivity index (χ1v) is 4.20. The second-order valence-electron chi connectivity index (χ2n) is 4.09. The summed E-state index contributed by atoms with van der Waals surface area (Å²) in [6.45, 7) is 1.71.